The zero-order valence-corrected chi connectivity index (χ0v) is 16.8. The molecule has 0 heterocycles. The van der Waals surface area contributed by atoms with Crippen LogP contribution in [-0.4, -0.2) is 20.6 Å². The second-order valence-electron chi connectivity index (χ2n) is 6.36. The number of aryl methyl sites for hydroxylation is 2. The van der Waals surface area contributed by atoms with Gasteiger partial charge in [0.15, 0.2) is 0 Å². The van der Waals surface area contributed by atoms with Gasteiger partial charge in [0.2, 0.25) is 10.0 Å². The maximum Gasteiger partial charge on any atom is 0.253 e. The lowest BCUT2D eigenvalue weighted by Crippen LogP contribution is -2.29. The van der Waals surface area contributed by atoms with E-state index in [1.54, 1.807) is 0 Å². The Morgan fingerprint density at radius 1 is 1.15 bits per heavy atom. The molecule has 0 aliphatic heterocycles. The van der Waals surface area contributed by atoms with Crippen LogP contribution in [0.5, 0.6) is 0 Å². The maximum atomic E-state index is 12.6. The molecule has 0 saturated carbocycles. The van der Waals surface area contributed by atoms with E-state index in [0.717, 1.165) is 23.8 Å². The Labute approximate surface area is 159 Å². The first-order chi connectivity index (χ1) is 12.1. The van der Waals surface area contributed by atoms with Crippen molar-refractivity contribution in [2.24, 2.45) is 0 Å². The molecule has 0 radical (unpaired) electrons. The van der Waals surface area contributed by atoms with Crippen molar-refractivity contribution in [2.45, 2.75) is 33.2 Å². The fourth-order valence-electron chi connectivity index (χ4n) is 2.83. The summed E-state index contributed by atoms with van der Waals surface area (Å²) >= 11 is 6.18. The van der Waals surface area contributed by atoms with Gasteiger partial charge < -0.3 is 5.32 Å². The van der Waals surface area contributed by atoms with Crippen molar-refractivity contribution in [3.8, 4) is 0 Å². The summed E-state index contributed by atoms with van der Waals surface area (Å²) < 4.78 is 24.9. The molecule has 2 rings (SSSR count). The normalized spacial score (nSPS) is 12.5. The van der Waals surface area contributed by atoms with Crippen LogP contribution in [0.25, 0.3) is 0 Å². The third-order valence-corrected chi connectivity index (χ3v) is 4.95. The molecule has 2 aromatic carbocycles. The first-order valence-corrected chi connectivity index (χ1v) is 10.5. The highest BCUT2D eigenvalue weighted by atomic mass is 35.5. The summed E-state index contributed by atoms with van der Waals surface area (Å²) in [7, 11) is -3.40. The van der Waals surface area contributed by atoms with Gasteiger partial charge in [0.1, 0.15) is 0 Å². The fourth-order valence-corrected chi connectivity index (χ4v) is 3.65. The van der Waals surface area contributed by atoms with Gasteiger partial charge in [-0.2, -0.15) is 0 Å². The minimum Gasteiger partial charge on any atom is -0.345 e. The Morgan fingerprint density at radius 2 is 1.85 bits per heavy atom. The lowest BCUT2D eigenvalue weighted by atomic mass is 9.97. The first-order valence-electron chi connectivity index (χ1n) is 8.26. The SMILES string of the molecule is CC[C@H](NC(=O)c1ccc(NS(C)(=O)=O)cc1Cl)c1ccc(C)cc1C. The average molecular weight is 395 g/mol. The molecule has 1 atom stereocenters. The van der Waals surface area contributed by atoms with E-state index in [1.165, 1.54) is 23.8 Å². The Morgan fingerprint density at radius 3 is 2.38 bits per heavy atom. The monoisotopic (exact) mass is 394 g/mol. The van der Waals surface area contributed by atoms with Gasteiger partial charge in [-0.3, -0.25) is 9.52 Å². The van der Waals surface area contributed by atoms with Crippen molar-refractivity contribution >= 4 is 33.2 Å². The van der Waals surface area contributed by atoms with Crippen LogP contribution < -0.4 is 10.0 Å². The van der Waals surface area contributed by atoms with Gasteiger partial charge in [-0.15, -0.1) is 0 Å². The Bertz CT molecular complexity index is 926. The topological polar surface area (TPSA) is 75.3 Å². The van der Waals surface area contributed by atoms with Crippen molar-refractivity contribution in [1.82, 2.24) is 5.32 Å². The molecular weight excluding hydrogens is 372 g/mol. The Hall–Kier alpha value is -2.05. The van der Waals surface area contributed by atoms with Crippen LogP contribution in [0.3, 0.4) is 0 Å². The van der Waals surface area contributed by atoms with Crippen LogP contribution in [-0.2, 0) is 10.0 Å². The van der Waals surface area contributed by atoms with Gasteiger partial charge >= 0.3 is 0 Å². The largest absolute Gasteiger partial charge is 0.345 e. The second-order valence-corrected chi connectivity index (χ2v) is 8.52. The molecule has 0 aliphatic carbocycles. The van der Waals surface area contributed by atoms with E-state index in [1.807, 2.05) is 32.9 Å². The lowest BCUT2D eigenvalue weighted by molar-refractivity contribution is 0.0935. The summed E-state index contributed by atoms with van der Waals surface area (Å²) in [5.41, 5.74) is 3.97. The number of anilines is 1. The van der Waals surface area contributed by atoms with Crippen molar-refractivity contribution in [1.29, 1.82) is 0 Å². The summed E-state index contributed by atoms with van der Waals surface area (Å²) in [4.78, 5) is 12.6. The highest BCUT2D eigenvalue weighted by Crippen LogP contribution is 2.25. The highest BCUT2D eigenvalue weighted by Gasteiger charge is 2.18. The number of benzene rings is 2. The van der Waals surface area contributed by atoms with Crippen LogP contribution in [0, 0.1) is 13.8 Å². The van der Waals surface area contributed by atoms with E-state index in [2.05, 4.69) is 16.1 Å². The molecule has 26 heavy (non-hydrogen) atoms. The quantitative estimate of drug-likeness (QED) is 0.770. The summed E-state index contributed by atoms with van der Waals surface area (Å²) in [6, 6.07) is 10.5. The molecule has 0 spiro atoms. The summed E-state index contributed by atoms with van der Waals surface area (Å²) in [5, 5.41) is 3.19. The molecule has 0 fully saturated rings. The fraction of sp³-hybridized carbons (Fsp3) is 0.316. The van der Waals surface area contributed by atoms with Gasteiger partial charge in [0.05, 0.1) is 22.9 Å². The van der Waals surface area contributed by atoms with Gasteiger partial charge in [-0.1, -0.05) is 42.3 Å². The van der Waals surface area contributed by atoms with Crippen LogP contribution in [0.1, 0.15) is 46.4 Å². The van der Waals surface area contributed by atoms with Gasteiger partial charge in [0, 0.05) is 5.69 Å². The predicted molar refractivity (Wildman–Crippen MR) is 106 cm³/mol. The minimum atomic E-state index is -3.40. The molecule has 0 aliphatic rings. The van der Waals surface area contributed by atoms with Crippen LogP contribution in [0.15, 0.2) is 36.4 Å². The number of carbonyl (C=O) groups is 1. The van der Waals surface area contributed by atoms with E-state index < -0.39 is 10.0 Å². The Balaban J connectivity index is 2.22. The van der Waals surface area contributed by atoms with Gasteiger partial charge in [0.25, 0.3) is 5.91 Å². The molecule has 0 aromatic heterocycles. The van der Waals surface area contributed by atoms with Crippen LogP contribution >= 0.6 is 11.6 Å². The number of hydrogen-bond acceptors (Lipinski definition) is 3. The molecule has 1 amide bonds. The smallest absolute Gasteiger partial charge is 0.253 e. The molecule has 7 heteroatoms. The summed E-state index contributed by atoms with van der Waals surface area (Å²) in [6.45, 7) is 6.06. The van der Waals surface area contributed by atoms with E-state index in [0.29, 0.717) is 11.3 Å². The van der Waals surface area contributed by atoms with Gasteiger partial charge in [-0.05, 0) is 49.6 Å². The van der Waals surface area contributed by atoms with E-state index in [-0.39, 0.29) is 17.0 Å². The van der Waals surface area contributed by atoms with Crippen LogP contribution in [0.2, 0.25) is 5.02 Å². The average Bonchev–Trinajstić information content (AvgIpc) is 2.51. The van der Waals surface area contributed by atoms with Gasteiger partial charge in [-0.25, -0.2) is 8.42 Å². The van der Waals surface area contributed by atoms with Crippen molar-refractivity contribution in [2.75, 3.05) is 11.0 Å². The summed E-state index contributed by atoms with van der Waals surface area (Å²) in [6.07, 6.45) is 1.79. The molecule has 0 unspecified atom stereocenters. The number of sulfonamides is 1. The number of nitrogens with one attached hydrogen (secondary N) is 2. The molecule has 2 aromatic rings. The first kappa shape index (κ1) is 20.3. The van der Waals surface area contributed by atoms with Crippen molar-refractivity contribution in [3.63, 3.8) is 0 Å². The standard InChI is InChI=1S/C19H23ClN2O3S/c1-5-18(15-8-6-12(2)10-13(15)3)21-19(23)16-9-7-14(11-17(16)20)22-26(4,24)25/h6-11,18,22H,5H2,1-4H3,(H,21,23)/t18-/m0/s1. The minimum absolute atomic E-state index is 0.131. The van der Waals surface area contributed by atoms with E-state index in [4.69, 9.17) is 11.6 Å². The van der Waals surface area contributed by atoms with E-state index >= 15 is 0 Å². The lowest BCUT2D eigenvalue weighted by Gasteiger charge is -2.20. The number of amides is 1. The molecule has 140 valence electrons. The zero-order chi connectivity index (χ0) is 19.5. The number of hydrogen-bond donors (Lipinski definition) is 2. The second kappa shape index (κ2) is 8.10. The molecule has 2 N–H and O–H groups in total. The number of rotatable bonds is 6. The highest BCUT2D eigenvalue weighted by molar-refractivity contribution is 7.92. The molecule has 0 saturated heterocycles. The number of carbonyl (C=O) groups excluding carboxylic acids is 1. The maximum absolute atomic E-state index is 12.6. The summed E-state index contributed by atoms with van der Waals surface area (Å²) in [5.74, 6) is -0.298. The van der Waals surface area contributed by atoms with Crippen LogP contribution in [0.4, 0.5) is 5.69 Å². The molecular formula is C19H23ClN2O3S. The van der Waals surface area contributed by atoms with Crippen molar-refractivity contribution < 1.29 is 13.2 Å². The molecule has 5 nitrogen and oxygen atoms in total. The Kier molecular flexibility index (Phi) is 6.31. The third-order valence-electron chi connectivity index (χ3n) is 4.03. The van der Waals surface area contributed by atoms with E-state index in [9.17, 15) is 13.2 Å². The van der Waals surface area contributed by atoms with Crippen molar-refractivity contribution in [3.05, 3.63) is 63.7 Å². The predicted octanol–water partition coefficient (Wildman–Crippen LogP) is 4.21. The third kappa shape index (κ3) is 5.22. The zero-order valence-electron chi connectivity index (χ0n) is 15.3. The molecule has 0 bridgehead atoms. The number of halogens is 1.